The maximum atomic E-state index is 14.2. The van der Waals surface area contributed by atoms with Crippen LogP contribution < -0.4 is 5.32 Å². The average molecular weight is 305 g/mol. The number of nitrogens with zero attached hydrogens (tertiary/aromatic N) is 2. The van der Waals surface area contributed by atoms with Crippen LogP contribution in [0.1, 0.15) is 23.7 Å². The molecule has 2 N–H and O–H groups in total. The number of pyridine rings is 1. The minimum Gasteiger partial charge on any atom is -0.395 e. The lowest BCUT2D eigenvalue weighted by Gasteiger charge is -2.21. The van der Waals surface area contributed by atoms with E-state index in [0.29, 0.717) is 11.4 Å². The van der Waals surface area contributed by atoms with E-state index in [1.165, 1.54) is 6.20 Å². The van der Waals surface area contributed by atoms with Crippen molar-refractivity contribution in [3.05, 3.63) is 23.6 Å². The summed E-state index contributed by atoms with van der Waals surface area (Å²) >= 11 is 0. The molecule has 0 aliphatic rings. The van der Waals surface area contributed by atoms with Crippen LogP contribution in [0.25, 0.3) is 0 Å². The molecule has 0 aliphatic heterocycles. The van der Waals surface area contributed by atoms with Gasteiger partial charge >= 0.3 is 0 Å². The molecule has 0 aromatic carbocycles. The molecule has 21 heavy (non-hydrogen) atoms. The van der Waals surface area contributed by atoms with Crippen LogP contribution in [0.15, 0.2) is 12.3 Å². The van der Waals surface area contributed by atoms with Gasteiger partial charge in [-0.15, -0.1) is 0 Å². The van der Waals surface area contributed by atoms with Crippen molar-refractivity contribution in [2.24, 2.45) is 0 Å². The first-order valence-corrected chi connectivity index (χ1v) is 6.57. The van der Waals surface area contributed by atoms with E-state index >= 15 is 0 Å². The topological polar surface area (TPSA) is 65.5 Å². The predicted molar refractivity (Wildman–Crippen MR) is 72.0 cm³/mol. The van der Waals surface area contributed by atoms with E-state index in [4.69, 9.17) is 5.11 Å². The van der Waals surface area contributed by atoms with Crippen molar-refractivity contribution in [1.29, 1.82) is 0 Å². The number of nitrogens with one attached hydrogen (secondary N) is 1. The average Bonchev–Trinajstić information content (AvgIpc) is 2.44. The van der Waals surface area contributed by atoms with Gasteiger partial charge in [0.1, 0.15) is 0 Å². The lowest BCUT2D eigenvalue weighted by atomic mass is 10.2. The summed E-state index contributed by atoms with van der Waals surface area (Å²) in [6.07, 6.45) is -0.794. The Hall–Kier alpha value is -1.83. The normalized spacial score (nSPS) is 10.8. The molecule has 0 atom stereocenters. The number of hydrogen-bond donors (Lipinski definition) is 2. The Kier molecular flexibility index (Phi) is 6.93. The molecule has 1 aromatic heterocycles. The number of halogens is 3. The molecular weight excluding hydrogens is 287 g/mol. The maximum absolute atomic E-state index is 14.2. The molecule has 8 heteroatoms. The zero-order valence-corrected chi connectivity index (χ0v) is 11.7. The molecular formula is C13H18F3N3O2. The zero-order valence-electron chi connectivity index (χ0n) is 11.7. The highest BCUT2D eigenvalue weighted by molar-refractivity contribution is 5.95. The van der Waals surface area contributed by atoms with Crippen molar-refractivity contribution in [3.63, 3.8) is 0 Å². The highest BCUT2D eigenvalue weighted by Gasteiger charge is 2.23. The van der Waals surface area contributed by atoms with Gasteiger partial charge in [0, 0.05) is 19.3 Å². The number of aliphatic hydroxyl groups excluding tert-OH is 1. The van der Waals surface area contributed by atoms with E-state index in [2.05, 4.69) is 10.3 Å². The van der Waals surface area contributed by atoms with E-state index in [0.717, 1.165) is 12.5 Å². The first kappa shape index (κ1) is 17.2. The van der Waals surface area contributed by atoms with E-state index in [1.54, 1.807) is 0 Å². The van der Waals surface area contributed by atoms with Gasteiger partial charge in [-0.25, -0.2) is 18.2 Å². The summed E-state index contributed by atoms with van der Waals surface area (Å²) in [6, 6.07) is 1.13. The second kappa shape index (κ2) is 8.46. The maximum Gasteiger partial charge on any atom is 0.257 e. The molecule has 1 rings (SSSR count). The van der Waals surface area contributed by atoms with Gasteiger partial charge < -0.3 is 15.3 Å². The van der Waals surface area contributed by atoms with Crippen LogP contribution >= 0.6 is 0 Å². The molecule has 1 aromatic rings. The van der Waals surface area contributed by atoms with Gasteiger partial charge in [0.05, 0.1) is 18.7 Å². The standard InChI is InChI=1S/C13H18F3N3O2/c1-2-4-17-12-11(16)9(3-5-18-12)13(21)19(6-7-20)8-10(14)15/h3,5,10,20H,2,4,6-8H2,1H3,(H,17,18). The van der Waals surface area contributed by atoms with Crippen LogP contribution in [0.2, 0.25) is 0 Å². The summed E-state index contributed by atoms with van der Waals surface area (Å²) in [5.74, 6) is -1.87. The van der Waals surface area contributed by atoms with E-state index < -0.39 is 31.3 Å². The molecule has 0 spiro atoms. The SMILES string of the molecule is CCCNc1nccc(C(=O)N(CCO)CC(F)F)c1F. The Morgan fingerprint density at radius 1 is 1.52 bits per heavy atom. The molecule has 0 saturated heterocycles. The van der Waals surface area contributed by atoms with Crippen molar-refractivity contribution < 1.29 is 23.1 Å². The zero-order chi connectivity index (χ0) is 15.8. The van der Waals surface area contributed by atoms with Gasteiger partial charge in [0.25, 0.3) is 12.3 Å². The second-order valence-electron chi connectivity index (χ2n) is 4.31. The van der Waals surface area contributed by atoms with Crippen molar-refractivity contribution in [3.8, 4) is 0 Å². The third-order valence-corrected chi connectivity index (χ3v) is 2.68. The number of amides is 1. The molecule has 0 saturated carbocycles. The monoisotopic (exact) mass is 305 g/mol. The Bertz CT molecular complexity index is 472. The number of aromatic nitrogens is 1. The Labute approximate surface area is 120 Å². The molecule has 118 valence electrons. The summed E-state index contributed by atoms with van der Waals surface area (Å²) in [7, 11) is 0. The third-order valence-electron chi connectivity index (χ3n) is 2.68. The van der Waals surface area contributed by atoms with E-state index in [-0.39, 0.29) is 17.9 Å². The first-order chi connectivity index (χ1) is 10.0. The lowest BCUT2D eigenvalue weighted by Crippen LogP contribution is -2.37. The number of anilines is 1. The molecule has 0 unspecified atom stereocenters. The van der Waals surface area contributed by atoms with E-state index in [9.17, 15) is 18.0 Å². The van der Waals surface area contributed by atoms with Crippen LogP contribution in [0.3, 0.4) is 0 Å². The van der Waals surface area contributed by atoms with Gasteiger partial charge in [-0.1, -0.05) is 6.92 Å². The number of aliphatic hydroxyl groups is 1. The molecule has 5 nitrogen and oxygen atoms in total. The van der Waals surface area contributed by atoms with Gasteiger partial charge in [-0.3, -0.25) is 4.79 Å². The minimum atomic E-state index is -2.76. The minimum absolute atomic E-state index is 0.0938. The van der Waals surface area contributed by atoms with Crippen LogP contribution in [0.4, 0.5) is 19.0 Å². The fourth-order valence-corrected chi connectivity index (χ4v) is 1.71. The van der Waals surface area contributed by atoms with Crippen LogP contribution in [0.5, 0.6) is 0 Å². The molecule has 1 heterocycles. The van der Waals surface area contributed by atoms with Crippen molar-refractivity contribution in [2.75, 3.05) is 31.6 Å². The van der Waals surface area contributed by atoms with Crippen LogP contribution in [-0.2, 0) is 0 Å². The number of alkyl halides is 2. The Morgan fingerprint density at radius 2 is 2.24 bits per heavy atom. The van der Waals surface area contributed by atoms with Gasteiger partial charge in [0.2, 0.25) is 0 Å². The van der Waals surface area contributed by atoms with Crippen LogP contribution in [-0.4, -0.2) is 53.6 Å². The predicted octanol–water partition coefficient (Wildman–Crippen LogP) is 1.74. The molecule has 1 amide bonds. The number of carbonyl (C=O) groups is 1. The van der Waals surface area contributed by atoms with Gasteiger partial charge in [-0.05, 0) is 12.5 Å². The number of rotatable bonds is 8. The Morgan fingerprint density at radius 3 is 2.81 bits per heavy atom. The van der Waals surface area contributed by atoms with Gasteiger partial charge in [0.15, 0.2) is 11.6 Å². The summed E-state index contributed by atoms with van der Waals surface area (Å²) in [5, 5.41) is 11.5. The quantitative estimate of drug-likeness (QED) is 0.768. The first-order valence-electron chi connectivity index (χ1n) is 6.57. The summed E-state index contributed by atoms with van der Waals surface area (Å²) in [6.45, 7) is 0.720. The smallest absolute Gasteiger partial charge is 0.257 e. The fourth-order valence-electron chi connectivity index (χ4n) is 1.71. The van der Waals surface area contributed by atoms with E-state index in [1.807, 2.05) is 6.92 Å². The summed E-state index contributed by atoms with van der Waals surface area (Å²) < 4.78 is 39.0. The summed E-state index contributed by atoms with van der Waals surface area (Å²) in [4.78, 5) is 16.6. The molecule has 0 radical (unpaired) electrons. The largest absolute Gasteiger partial charge is 0.395 e. The molecule has 0 aliphatic carbocycles. The third kappa shape index (κ3) is 4.89. The molecule has 0 bridgehead atoms. The van der Waals surface area contributed by atoms with Gasteiger partial charge in [-0.2, -0.15) is 0 Å². The number of carbonyl (C=O) groups excluding carboxylic acids is 1. The highest BCUT2D eigenvalue weighted by Crippen LogP contribution is 2.17. The Balaban J connectivity index is 2.98. The highest BCUT2D eigenvalue weighted by atomic mass is 19.3. The van der Waals surface area contributed by atoms with Crippen molar-refractivity contribution >= 4 is 11.7 Å². The molecule has 0 fully saturated rings. The van der Waals surface area contributed by atoms with Crippen molar-refractivity contribution in [2.45, 2.75) is 19.8 Å². The number of hydrogen-bond acceptors (Lipinski definition) is 4. The second-order valence-corrected chi connectivity index (χ2v) is 4.31. The van der Waals surface area contributed by atoms with Crippen molar-refractivity contribution in [1.82, 2.24) is 9.88 Å². The lowest BCUT2D eigenvalue weighted by molar-refractivity contribution is 0.0505. The fraction of sp³-hybridized carbons (Fsp3) is 0.538. The van der Waals surface area contributed by atoms with Crippen LogP contribution in [0, 0.1) is 5.82 Å². The summed E-state index contributed by atoms with van der Waals surface area (Å²) in [5.41, 5.74) is -0.349.